The van der Waals surface area contributed by atoms with Crippen LogP contribution in [0.3, 0.4) is 0 Å². The van der Waals surface area contributed by atoms with Crippen molar-refractivity contribution in [3.05, 3.63) is 75.1 Å². The lowest BCUT2D eigenvalue weighted by Gasteiger charge is -2.14. The fourth-order valence-electron chi connectivity index (χ4n) is 3.05. The van der Waals surface area contributed by atoms with Crippen LogP contribution >= 0.6 is 23.2 Å². The molecule has 0 fully saturated rings. The van der Waals surface area contributed by atoms with Gasteiger partial charge < -0.3 is 0 Å². The van der Waals surface area contributed by atoms with Gasteiger partial charge in [-0.1, -0.05) is 29.3 Å². The lowest BCUT2D eigenvalue weighted by Crippen LogP contribution is -2.16. The molecule has 146 valence electrons. The first-order valence-corrected chi connectivity index (χ1v) is 10.5. The smallest absolute Gasteiger partial charge is 0.263 e. The second kappa shape index (κ2) is 7.70. The van der Waals surface area contributed by atoms with Crippen molar-refractivity contribution in [2.24, 2.45) is 0 Å². The predicted octanol–water partition coefficient (Wildman–Crippen LogP) is 5.92. The topological polar surface area (TPSA) is 59.1 Å². The van der Waals surface area contributed by atoms with Crippen LogP contribution in [0.1, 0.15) is 16.8 Å². The normalized spacial score (nSPS) is 11.5. The number of anilines is 1. The van der Waals surface area contributed by atoms with Crippen molar-refractivity contribution in [3.63, 3.8) is 0 Å². The fraction of sp³-hybridized carbons (Fsp3) is 0.150. The minimum Gasteiger partial charge on any atom is -0.263 e. The molecule has 0 bridgehead atoms. The van der Waals surface area contributed by atoms with Gasteiger partial charge in [0, 0.05) is 16.3 Å². The lowest BCUT2D eigenvalue weighted by molar-refractivity contribution is 0.600. The van der Waals surface area contributed by atoms with Gasteiger partial charge in [0.05, 0.1) is 5.02 Å². The SMILES string of the molecule is Cc1cc(F)ccc1-c1ccc(NS(=O)(=O)c2c(C)cc(Cl)cc2Cl)nc1C. The van der Waals surface area contributed by atoms with Crippen LogP contribution in [0.15, 0.2) is 47.4 Å². The lowest BCUT2D eigenvalue weighted by atomic mass is 9.99. The molecule has 0 aliphatic heterocycles. The van der Waals surface area contributed by atoms with E-state index in [1.54, 1.807) is 39.0 Å². The maximum atomic E-state index is 13.4. The Kier molecular flexibility index (Phi) is 5.66. The summed E-state index contributed by atoms with van der Waals surface area (Å²) < 4.78 is 41.4. The van der Waals surface area contributed by atoms with Crippen LogP contribution in [-0.2, 0) is 10.0 Å². The van der Waals surface area contributed by atoms with Crippen LogP contribution in [0.25, 0.3) is 11.1 Å². The van der Waals surface area contributed by atoms with Gasteiger partial charge in [0.15, 0.2) is 0 Å². The van der Waals surface area contributed by atoms with Crippen LogP contribution < -0.4 is 4.72 Å². The van der Waals surface area contributed by atoms with Gasteiger partial charge in [-0.2, -0.15) is 0 Å². The summed E-state index contributed by atoms with van der Waals surface area (Å²) in [6, 6.07) is 10.7. The van der Waals surface area contributed by atoms with Gasteiger partial charge in [-0.15, -0.1) is 0 Å². The van der Waals surface area contributed by atoms with Gasteiger partial charge in [-0.3, -0.25) is 4.72 Å². The Labute approximate surface area is 173 Å². The van der Waals surface area contributed by atoms with Gasteiger partial charge in [0.2, 0.25) is 0 Å². The maximum Gasteiger partial charge on any atom is 0.264 e. The molecule has 0 unspecified atom stereocenters. The molecule has 0 spiro atoms. The van der Waals surface area contributed by atoms with E-state index in [2.05, 4.69) is 9.71 Å². The minimum atomic E-state index is -3.95. The van der Waals surface area contributed by atoms with Gasteiger partial charge >= 0.3 is 0 Å². The number of sulfonamides is 1. The molecule has 3 aromatic rings. The molecule has 4 nitrogen and oxygen atoms in total. The molecule has 1 N–H and O–H groups in total. The highest BCUT2D eigenvalue weighted by Crippen LogP contribution is 2.31. The molecule has 3 rings (SSSR count). The molecule has 0 saturated carbocycles. The van der Waals surface area contributed by atoms with E-state index < -0.39 is 10.0 Å². The van der Waals surface area contributed by atoms with Crippen LogP contribution in [0.5, 0.6) is 0 Å². The van der Waals surface area contributed by atoms with Crippen molar-refractivity contribution in [1.82, 2.24) is 4.98 Å². The van der Waals surface area contributed by atoms with E-state index in [4.69, 9.17) is 23.2 Å². The van der Waals surface area contributed by atoms with Crippen molar-refractivity contribution >= 4 is 39.0 Å². The Morgan fingerprint density at radius 2 is 1.61 bits per heavy atom. The molecule has 0 radical (unpaired) electrons. The third kappa shape index (κ3) is 4.14. The molecule has 28 heavy (non-hydrogen) atoms. The number of aryl methyl sites for hydroxylation is 3. The Bertz CT molecular complexity index is 1160. The summed E-state index contributed by atoms with van der Waals surface area (Å²) in [7, 11) is -3.95. The Morgan fingerprint density at radius 1 is 0.929 bits per heavy atom. The third-order valence-corrected chi connectivity index (χ3v) is 6.45. The average molecular weight is 439 g/mol. The second-order valence-electron chi connectivity index (χ2n) is 6.43. The molecule has 0 aliphatic carbocycles. The summed E-state index contributed by atoms with van der Waals surface area (Å²) in [5, 5.41) is 0.391. The molecule has 8 heteroatoms. The van der Waals surface area contributed by atoms with Crippen LogP contribution in [0.2, 0.25) is 10.0 Å². The first-order valence-electron chi connectivity index (χ1n) is 8.31. The summed E-state index contributed by atoms with van der Waals surface area (Å²) in [4.78, 5) is 4.30. The zero-order chi connectivity index (χ0) is 20.6. The van der Waals surface area contributed by atoms with E-state index in [1.807, 2.05) is 0 Å². The van der Waals surface area contributed by atoms with Crippen LogP contribution in [0, 0.1) is 26.6 Å². The molecule has 1 heterocycles. The minimum absolute atomic E-state index is 0.0350. The summed E-state index contributed by atoms with van der Waals surface area (Å²) >= 11 is 12.0. The highest BCUT2D eigenvalue weighted by atomic mass is 35.5. The van der Waals surface area contributed by atoms with Gasteiger partial charge in [-0.25, -0.2) is 17.8 Å². The maximum absolute atomic E-state index is 13.4. The van der Waals surface area contributed by atoms with Crippen molar-refractivity contribution in [3.8, 4) is 11.1 Å². The van der Waals surface area contributed by atoms with E-state index in [0.717, 1.165) is 16.7 Å². The summed E-state index contributed by atoms with van der Waals surface area (Å²) in [5.41, 5.74) is 3.43. The van der Waals surface area contributed by atoms with E-state index >= 15 is 0 Å². The number of nitrogens with zero attached hydrogens (tertiary/aromatic N) is 1. The van der Waals surface area contributed by atoms with E-state index in [-0.39, 0.29) is 21.6 Å². The third-order valence-electron chi connectivity index (χ3n) is 4.27. The summed E-state index contributed by atoms with van der Waals surface area (Å²) in [6.07, 6.45) is 0. The monoisotopic (exact) mass is 438 g/mol. The number of pyridine rings is 1. The summed E-state index contributed by atoms with van der Waals surface area (Å²) in [6.45, 7) is 5.18. The number of rotatable bonds is 4. The molecule has 0 atom stereocenters. The van der Waals surface area contributed by atoms with E-state index in [1.165, 1.54) is 24.3 Å². The quantitative estimate of drug-likeness (QED) is 0.549. The van der Waals surface area contributed by atoms with Crippen molar-refractivity contribution < 1.29 is 12.8 Å². The Balaban J connectivity index is 1.97. The highest BCUT2D eigenvalue weighted by molar-refractivity contribution is 7.92. The predicted molar refractivity (Wildman–Crippen MR) is 111 cm³/mol. The number of benzene rings is 2. The Hall–Kier alpha value is -2.15. The van der Waals surface area contributed by atoms with Crippen LogP contribution in [0.4, 0.5) is 10.2 Å². The first-order chi connectivity index (χ1) is 13.1. The standard InChI is InChI=1S/C20H17Cl2FN2O2S/c1-11-9-15(23)4-5-16(11)17-6-7-19(24-13(17)3)25-28(26,27)20-12(2)8-14(21)10-18(20)22/h4-10H,1-3H3,(H,24,25). The molecular weight excluding hydrogens is 422 g/mol. The second-order valence-corrected chi connectivity index (χ2v) is 8.89. The number of hydrogen-bond donors (Lipinski definition) is 1. The largest absolute Gasteiger partial charge is 0.264 e. The number of nitrogens with one attached hydrogen (secondary N) is 1. The first kappa shape index (κ1) is 20.6. The van der Waals surface area contributed by atoms with E-state index in [9.17, 15) is 12.8 Å². The molecule has 1 aromatic heterocycles. The molecule has 2 aromatic carbocycles. The van der Waals surface area contributed by atoms with Crippen molar-refractivity contribution in [2.75, 3.05) is 4.72 Å². The molecule has 0 saturated heterocycles. The highest BCUT2D eigenvalue weighted by Gasteiger charge is 2.22. The fourth-order valence-corrected chi connectivity index (χ4v) is 5.24. The van der Waals surface area contributed by atoms with Crippen LogP contribution in [-0.4, -0.2) is 13.4 Å². The molecule has 0 aliphatic rings. The number of aromatic nitrogens is 1. The van der Waals surface area contributed by atoms with Gasteiger partial charge in [0.25, 0.3) is 10.0 Å². The zero-order valence-corrected chi connectivity index (χ0v) is 17.7. The Morgan fingerprint density at radius 3 is 2.21 bits per heavy atom. The van der Waals surface area contributed by atoms with Crippen molar-refractivity contribution in [2.45, 2.75) is 25.7 Å². The average Bonchev–Trinajstić information content (AvgIpc) is 2.54. The van der Waals surface area contributed by atoms with E-state index in [0.29, 0.717) is 16.3 Å². The molecular formula is C20H17Cl2FN2O2S. The van der Waals surface area contributed by atoms with Gasteiger partial charge in [-0.05, 0) is 73.9 Å². The molecule has 0 amide bonds. The zero-order valence-electron chi connectivity index (χ0n) is 15.3. The number of hydrogen-bond acceptors (Lipinski definition) is 3. The van der Waals surface area contributed by atoms with Crippen molar-refractivity contribution in [1.29, 1.82) is 0 Å². The summed E-state index contributed by atoms with van der Waals surface area (Å²) in [5.74, 6) is -0.155. The van der Waals surface area contributed by atoms with Gasteiger partial charge in [0.1, 0.15) is 16.5 Å². The number of halogens is 3.